The molecule has 0 fully saturated rings. The number of unbranched alkanes of at least 4 members (excludes halogenated alkanes) is 1. The first-order chi connectivity index (χ1) is 12.7. The standard InChI is InChI=1S/C23H22O3/c1-2-3-15-26-22-14-13-18-11-7-8-12-19(18)21(22)16-20(23(24)25)17-9-5-4-6-10-17/h4-14,16H,2-3,15H2,1H3,(H,24,25)/b20-16+. The minimum atomic E-state index is -0.955. The van der Waals surface area contributed by atoms with Crippen molar-refractivity contribution in [3.8, 4) is 5.75 Å². The highest BCUT2D eigenvalue weighted by Gasteiger charge is 2.14. The molecule has 0 aromatic heterocycles. The third-order valence-electron chi connectivity index (χ3n) is 4.29. The summed E-state index contributed by atoms with van der Waals surface area (Å²) < 4.78 is 5.96. The number of carboxylic acid groups (broad SMARTS) is 1. The summed E-state index contributed by atoms with van der Waals surface area (Å²) in [5.41, 5.74) is 1.73. The van der Waals surface area contributed by atoms with Gasteiger partial charge in [0, 0.05) is 5.56 Å². The molecule has 0 spiro atoms. The Hall–Kier alpha value is -3.07. The van der Waals surface area contributed by atoms with E-state index >= 15 is 0 Å². The molecule has 3 heteroatoms. The number of aliphatic carboxylic acids is 1. The van der Waals surface area contributed by atoms with E-state index in [9.17, 15) is 9.90 Å². The molecule has 26 heavy (non-hydrogen) atoms. The Morgan fingerprint density at radius 2 is 1.73 bits per heavy atom. The maximum atomic E-state index is 11.9. The van der Waals surface area contributed by atoms with Gasteiger partial charge in [0.15, 0.2) is 0 Å². The van der Waals surface area contributed by atoms with E-state index in [-0.39, 0.29) is 5.57 Å². The Labute approximate surface area is 153 Å². The van der Waals surface area contributed by atoms with Crippen LogP contribution >= 0.6 is 0 Å². The van der Waals surface area contributed by atoms with Gasteiger partial charge in [0.25, 0.3) is 0 Å². The highest BCUT2D eigenvalue weighted by atomic mass is 16.5. The second kappa shape index (κ2) is 8.34. The number of benzene rings is 3. The molecule has 0 amide bonds. The minimum Gasteiger partial charge on any atom is -0.493 e. The molecule has 0 aliphatic carbocycles. The van der Waals surface area contributed by atoms with Crippen LogP contribution in [0.3, 0.4) is 0 Å². The molecular formula is C23H22O3. The fraction of sp³-hybridized carbons (Fsp3) is 0.174. The van der Waals surface area contributed by atoms with Crippen molar-refractivity contribution in [2.75, 3.05) is 6.61 Å². The summed E-state index contributed by atoms with van der Waals surface area (Å²) in [4.78, 5) is 11.9. The first-order valence-corrected chi connectivity index (χ1v) is 8.85. The van der Waals surface area contributed by atoms with Crippen LogP contribution in [0.2, 0.25) is 0 Å². The van der Waals surface area contributed by atoms with E-state index in [0.717, 1.165) is 29.2 Å². The normalized spacial score (nSPS) is 11.5. The van der Waals surface area contributed by atoms with E-state index in [0.29, 0.717) is 17.9 Å². The molecule has 3 aromatic carbocycles. The summed E-state index contributed by atoms with van der Waals surface area (Å²) in [5, 5.41) is 11.8. The molecule has 132 valence electrons. The Bertz CT molecular complexity index is 927. The summed E-state index contributed by atoms with van der Waals surface area (Å²) in [7, 11) is 0. The number of carbonyl (C=O) groups is 1. The fourth-order valence-corrected chi connectivity index (χ4v) is 2.91. The van der Waals surface area contributed by atoms with Crippen LogP contribution in [0.1, 0.15) is 30.9 Å². The largest absolute Gasteiger partial charge is 0.493 e. The maximum Gasteiger partial charge on any atom is 0.336 e. The topological polar surface area (TPSA) is 46.5 Å². The van der Waals surface area contributed by atoms with Crippen molar-refractivity contribution >= 4 is 28.4 Å². The Kier molecular flexibility index (Phi) is 5.69. The van der Waals surface area contributed by atoms with E-state index in [1.807, 2.05) is 66.7 Å². The van der Waals surface area contributed by atoms with Crippen molar-refractivity contribution in [3.63, 3.8) is 0 Å². The zero-order valence-electron chi connectivity index (χ0n) is 14.8. The monoisotopic (exact) mass is 346 g/mol. The van der Waals surface area contributed by atoms with Gasteiger partial charge in [-0.3, -0.25) is 0 Å². The lowest BCUT2D eigenvalue weighted by Gasteiger charge is -2.13. The molecule has 3 nitrogen and oxygen atoms in total. The fourth-order valence-electron chi connectivity index (χ4n) is 2.91. The number of fused-ring (bicyclic) bond motifs is 1. The number of hydrogen-bond acceptors (Lipinski definition) is 2. The van der Waals surface area contributed by atoms with Gasteiger partial charge >= 0.3 is 5.97 Å². The molecule has 0 atom stereocenters. The SMILES string of the molecule is CCCCOc1ccc2ccccc2c1/C=C(/C(=O)O)c1ccccc1. The van der Waals surface area contributed by atoms with Crippen LogP contribution in [0.5, 0.6) is 5.75 Å². The molecule has 0 saturated heterocycles. The molecule has 0 aliphatic heterocycles. The van der Waals surface area contributed by atoms with Gasteiger partial charge in [-0.1, -0.05) is 74.0 Å². The third kappa shape index (κ3) is 3.94. The van der Waals surface area contributed by atoms with E-state index in [2.05, 4.69) is 6.92 Å². The van der Waals surface area contributed by atoms with Crippen LogP contribution in [-0.4, -0.2) is 17.7 Å². The van der Waals surface area contributed by atoms with Gasteiger partial charge in [-0.05, 0) is 34.9 Å². The van der Waals surface area contributed by atoms with Crippen molar-refractivity contribution < 1.29 is 14.6 Å². The minimum absolute atomic E-state index is 0.252. The third-order valence-corrected chi connectivity index (χ3v) is 4.29. The number of carboxylic acids is 1. The van der Waals surface area contributed by atoms with Crippen LogP contribution in [-0.2, 0) is 4.79 Å². The highest BCUT2D eigenvalue weighted by molar-refractivity contribution is 6.21. The van der Waals surface area contributed by atoms with Crippen LogP contribution in [0.25, 0.3) is 22.4 Å². The zero-order chi connectivity index (χ0) is 18.4. The zero-order valence-corrected chi connectivity index (χ0v) is 14.8. The lowest BCUT2D eigenvalue weighted by molar-refractivity contribution is -0.130. The van der Waals surface area contributed by atoms with Crippen molar-refractivity contribution in [1.29, 1.82) is 0 Å². The predicted octanol–water partition coefficient (Wildman–Crippen LogP) is 5.64. The Balaban J connectivity index is 2.16. The molecule has 0 unspecified atom stereocenters. The van der Waals surface area contributed by atoms with Crippen molar-refractivity contribution in [1.82, 2.24) is 0 Å². The van der Waals surface area contributed by atoms with Gasteiger partial charge in [-0.15, -0.1) is 0 Å². The van der Waals surface area contributed by atoms with E-state index in [1.54, 1.807) is 6.08 Å². The molecule has 3 aromatic rings. The summed E-state index contributed by atoms with van der Waals surface area (Å²) in [6.45, 7) is 2.73. The van der Waals surface area contributed by atoms with Gasteiger partial charge in [0.2, 0.25) is 0 Å². The van der Waals surface area contributed by atoms with Crippen molar-refractivity contribution in [2.24, 2.45) is 0 Å². The van der Waals surface area contributed by atoms with Crippen LogP contribution in [0.15, 0.2) is 66.7 Å². The van der Waals surface area contributed by atoms with Gasteiger partial charge in [-0.25, -0.2) is 4.79 Å². The van der Waals surface area contributed by atoms with Gasteiger partial charge in [-0.2, -0.15) is 0 Å². The average Bonchev–Trinajstić information content (AvgIpc) is 2.67. The molecule has 0 bridgehead atoms. The number of ether oxygens (including phenoxy) is 1. The molecular weight excluding hydrogens is 324 g/mol. The Morgan fingerprint density at radius 1 is 1.00 bits per heavy atom. The van der Waals surface area contributed by atoms with Gasteiger partial charge < -0.3 is 9.84 Å². The van der Waals surface area contributed by atoms with Crippen molar-refractivity contribution in [2.45, 2.75) is 19.8 Å². The van der Waals surface area contributed by atoms with Crippen molar-refractivity contribution in [3.05, 3.63) is 77.9 Å². The predicted molar refractivity (Wildman–Crippen MR) is 106 cm³/mol. The van der Waals surface area contributed by atoms with Gasteiger partial charge in [0.05, 0.1) is 12.2 Å². The average molecular weight is 346 g/mol. The van der Waals surface area contributed by atoms with Crippen LogP contribution in [0, 0.1) is 0 Å². The number of rotatable bonds is 7. The van der Waals surface area contributed by atoms with E-state index < -0.39 is 5.97 Å². The Morgan fingerprint density at radius 3 is 2.46 bits per heavy atom. The lowest BCUT2D eigenvalue weighted by Crippen LogP contribution is -2.02. The molecule has 0 saturated carbocycles. The molecule has 0 heterocycles. The molecule has 0 aliphatic rings. The first kappa shape index (κ1) is 17.7. The summed E-state index contributed by atoms with van der Waals surface area (Å²) in [5.74, 6) is -0.240. The quantitative estimate of drug-likeness (QED) is 0.342. The summed E-state index contributed by atoms with van der Waals surface area (Å²) in [6.07, 6.45) is 3.73. The molecule has 3 rings (SSSR count). The first-order valence-electron chi connectivity index (χ1n) is 8.85. The van der Waals surface area contributed by atoms with Gasteiger partial charge in [0.1, 0.15) is 5.75 Å². The highest BCUT2D eigenvalue weighted by Crippen LogP contribution is 2.32. The maximum absolute atomic E-state index is 11.9. The summed E-state index contributed by atoms with van der Waals surface area (Å²) >= 11 is 0. The summed E-state index contributed by atoms with van der Waals surface area (Å²) in [6, 6.07) is 21.1. The molecule has 1 N–H and O–H groups in total. The second-order valence-corrected chi connectivity index (χ2v) is 6.13. The van der Waals surface area contributed by atoms with E-state index in [4.69, 9.17) is 4.74 Å². The lowest BCUT2D eigenvalue weighted by atomic mass is 9.98. The molecule has 0 radical (unpaired) electrons. The van der Waals surface area contributed by atoms with Crippen LogP contribution < -0.4 is 4.74 Å². The van der Waals surface area contributed by atoms with Crippen LogP contribution in [0.4, 0.5) is 0 Å². The number of hydrogen-bond donors (Lipinski definition) is 1. The van der Waals surface area contributed by atoms with E-state index in [1.165, 1.54) is 0 Å². The second-order valence-electron chi connectivity index (χ2n) is 6.13. The smallest absolute Gasteiger partial charge is 0.336 e.